The van der Waals surface area contributed by atoms with Gasteiger partial charge in [-0.3, -0.25) is 9.59 Å². The second kappa shape index (κ2) is 10.2. The van der Waals surface area contributed by atoms with Crippen LogP contribution in [0.15, 0.2) is 0 Å². The van der Waals surface area contributed by atoms with Crippen molar-refractivity contribution in [2.75, 3.05) is 6.61 Å². The highest BCUT2D eigenvalue weighted by Crippen LogP contribution is 2.04. The topological polar surface area (TPSA) is 76.4 Å². The molecule has 0 aliphatic carbocycles. The van der Waals surface area contributed by atoms with Crippen LogP contribution in [0, 0.1) is 23.7 Å². The third-order valence-electron chi connectivity index (χ3n) is 2.03. The van der Waals surface area contributed by atoms with Gasteiger partial charge in [0.1, 0.15) is 6.61 Å². The third-order valence-corrected chi connectivity index (χ3v) is 2.03. The summed E-state index contributed by atoms with van der Waals surface area (Å²) in [7, 11) is 0. The van der Waals surface area contributed by atoms with Gasteiger partial charge < -0.3 is 9.47 Å². The van der Waals surface area contributed by atoms with Crippen molar-refractivity contribution in [3.63, 3.8) is 0 Å². The summed E-state index contributed by atoms with van der Waals surface area (Å²) in [4.78, 5) is 22.3. The monoisotopic (exact) mass is 251 g/mol. The zero-order valence-electron chi connectivity index (χ0n) is 10.5. The summed E-state index contributed by atoms with van der Waals surface area (Å²) in [5.74, 6) is 1.58. The number of carbonyl (C=O) groups excluding carboxylic acids is 2. The number of hydrogen-bond donors (Lipinski definition) is 0. The molecule has 1 unspecified atom stereocenters. The molecule has 0 saturated heterocycles. The summed E-state index contributed by atoms with van der Waals surface area (Å²) in [5, 5.41) is 8.24. The van der Waals surface area contributed by atoms with Crippen LogP contribution in [0.3, 0.4) is 0 Å². The number of nitrogens with zero attached hydrogens (tertiary/aromatic N) is 1. The number of hydrogen-bond acceptors (Lipinski definition) is 5. The van der Waals surface area contributed by atoms with E-state index < -0.39 is 6.10 Å². The highest BCUT2D eigenvalue weighted by Gasteiger charge is 2.08. The third kappa shape index (κ3) is 9.23. The van der Waals surface area contributed by atoms with Crippen molar-refractivity contribution >= 4 is 11.9 Å². The van der Waals surface area contributed by atoms with Gasteiger partial charge >= 0.3 is 11.9 Å². The molecule has 0 aromatic carbocycles. The average molecular weight is 251 g/mol. The molecular formula is C13H17NO4. The first-order valence-electron chi connectivity index (χ1n) is 5.78. The molecule has 0 N–H and O–H groups in total. The number of rotatable bonds is 8. The van der Waals surface area contributed by atoms with Gasteiger partial charge in [-0.05, 0) is 19.8 Å². The summed E-state index contributed by atoms with van der Waals surface area (Å²) in [6.45, 7) is 1.74. The Morgan fingerprint density at radius 3 is 2.44 bits per heavy atom. The highest BCUT2D eigenvalue weighted by molar-refractivity contribution is 5.70. The number of ether oxygens (including phenoxy) is 2. The van der Waals surface area contributed by atoms with Crippen LogP contribution >= 0.6 is 0 Å². The van der Waals surface area contributed by atoms with E-state index in [0.29, 0.717) is 12.8 Å². The van der Waals surface area contributed by atoms with Gasteiger partial charge in [0.2, 0.25) is 0 Å². The van der Waals surface area contributed by atoms with Crippen molar-refractivity contribution in [2.45, 2.75) is 45.1 Å². The Labute approximate surface area is 107 Å². The second-order valence-corrected chi connectivity index (χ2v) is 3.63. The Kier molecular flexibility index (Phi) is 9.03. The first-order valence-corrected chi connectivity index (χ1v) is 5.78. The minimum absolute atomic E-state index is 0.122. The molecule has 0 aromatic heterocycles. The fourth-order valence-corrected chi connectivity index (χ4v) is 1.11. The largest absolute Gasteiger partial charge is 0.465 e. The maximum atomic E-state index is 11.2. The molecule has 0 aliphatic heterocycles. The van der Waals surface area contributed by atoms with Gasteiger partial charge in [0.05, 0.1) is 12.5 Å². The Morgan fingerprint density at radius 1 is 1.28 bits per heavy atom. The van der Waals surface area contributed by atoms with Crippen molar-refractivity contribution in [3.8, 4) is 18.4 Å². The molecule has 5 nitrogen and oxygen atoms in total. The van der Waals surface area contributed by atoms with Crippen LogP contribution in [0.5, 0.6) is 0 Å². The first kappa shape index (κ1) is 16.0. The maximum Gasteiger partial charge on any atom is 0.307 e. The van der Waals surface area contributed by atoms with Crippen LogP contribution in [-0.4, -0.2) is 24.6 Å². The Balaban J connectivity index is 3.50. The lowest BCUT2D eigenvalue weighted by Gasteiger charge is -2.06. The highest BCUT2D eigenvalue weighted by atomic mass is 16.5. The van der Waals surface area contributed by atoms with E-state index in [9.17, 15) is 9.59 Å². The van der Waals surface area contributed by atoms with Gasteiger partial charge in [0.25, 0.3) is 0 Å². The Bertz CT molecular complexity index is 351. The molecule has 98 valence electrons. The molecule has 1 atom stereocenters. The Morgan fingerprint density at radius 2 is 1.89 bits per heavy atom. The average Bonchev–Trinajstić information content (AvgIpc) is 2.34. The van der Waals surface area contributed by atoms with Gasteiger partial charge in [0.15, 0.2) is 6.10 Å². The Hall–Kier alpha value is -2.01. The fourth-order valence-electron chi connectivity index (χ4n) is 1.11. The van der Waals surface area contributed by atoms with E-state index in [1.54, 1.807) is 6.92 Å². The summed E-state index contributed by atoms with van der Waals surface area (Å²) in [6, 6.07) is 1.87. The quantitative estimate of drug-likeness (QED) is 0.372. The van der Waals surface area contributed by atoms with E-state index in [-0.39, 0.29) is 37.8 Å². The van der Waals surface area contributed by atoms with Gasteiger partial charge in [0, 0.05) is 12.8 Å². The van der Waals surface area contributed by atoms with E-state index >= 15 is 0 Å². The number of esters is 2. The minimum Gasteiger partial charge on any atom is -0.465 e. The summed E-state index contributed by atoms with van der Waals surface area (Å²) in [6.07, 6.45) is 6.30. The molecule has 0 amide bonds. The first-order chi connectivity index (χ1) is 8.60. The standard InChI is InChI=1S/C13H17NO4/c1-3-11(2)18-13(16)8-5-4-7-12(15)17-10-6-9-14/h1,11H,4-8,10H2,2H3. The second-order valence-electron chi connectivity index (χ2n) is 3.63. The normalized spacial score (nSPS) is 10.8. The van der Waals surface area contributed by atoms with Crippen molar-refractivity contribution < 1.29 is 19.1 Å². The van der Waals surface area contributed by atoms with Gasteiger partial charge in [-0.2, -0.15) is 5.26 Å². The number of unbranched alkanes of at least 4 members (excludes halogenated alkanes) is 1. The van der Waals surface area contributed by atoms with Crippen molar-refractivity contribution in [1.29, 1.82) is 5.26 Å². The minimum atomic E-state index is -0.520. The molecule has 0 aromatic rings. The van der Waals surface area contributed by atoms with Crippen LogP contribution in [0.1, 0.15) is 39.0 Å². The lowest BCUT2D eigenvalue weighted by molar-refractivity contribution is -0.147. The predicted molar refractivity (Wildman–Crippen MR) is 64.0 cm³/mol. The van der Waals surface area contributed by atoms with Crippen molar-refractivity contribution in [3.05, 3.63) is 0 Å². The van der Waals surface area contributed by atoms with Gasteiger partial charge in [-0.1, -0.05) is 5.92 Å². The molecule has 5 heteroatoms. The van der Waals surface area contributed by atoms with Crippen LogP contribution in [0.25, 0.3) is 0 Å². The van der Waals surface area contributed by atoms with E-state index in [2.05, 4.69) is 5.92 Å². The molecule has 0 spiro atoms. The van der Waals surface area contributed by atoms with E-state index in [0.717, 1.165) is 0 Å². The molecule has 0 heterocycles. The molecule has 18 heavy (non-hydrogen) atoms. The van der Waals surface area contributed by atoms with E-state index in [4.69, 9.17) is 21.2 Å². The van der Waals surface area contributed by atoms with Crippen molar-refractivity contribution in [2.24, 2.45) is 0 Å². The number of nitriles is 1. The summed E-state index contributed by atoms with van der Waals surface area (Å²) >= 11 is 0. The van der Waals surface area contributed by atoms with Crippen LogP contribution < -0.4 is 0 Å². The van der Waals surface area contributed by atoms with Crippen LogP contribution in [0.4, 0.5) is 0 Å². The predicted octanol–water partition coefficient (Wildman–Crippen LogP) is 1.57. The summed E-state index contributed by atoms with van der Waals surface area (Å²) < 4.78 is 9.63. The zero-order chi connectivity index (χ0) is 13.8. The van der Waals surface area contributed by atoms with E-state index in [1.807, 2.05) is 6.07 Å². The molecule has 0 rings (SSSR count). The summed E-state index contributed by atoms with van der Waals surface area (Å²) in [5.41, 5.74) is 0. The smallest absolute Gasteiger partial charge is 0.307 e. The SMILES string of the molecule is C#CC(C)OC(=O)CCCCC(=O)OCCC#N. The van der Waals surface area contributed by atoms with Crippen LogP contribution in [-0.2, 0) is 19.1 Å². The molecule has 0 radical (unpaired) electrons. The molecule has 0 aliphatic rings. The van der Waals surface area contributed by atoms with Crippen molar-refractivity contribution in [1.82, 2.24) is 0 Å². The molecule has 0 fully saturated rings. The maximum absolute atomic E-state index is 11.2. The zero-order valence-corrected chi connectivity index (χ0v) is 10.5. The molecule has 0 bridgehead atoms. The lowest BCUT2D eigenvalue weighted by atomic mass is 10.2. The van der Waals surface area contributed by atoms with E-state index in [1.165, 1.54) is 0 Å². The number of terminal acetylenes is 1. The number of carbonyl (C=O) groups is 2. The molecular weight excluding hydrogens is 234 g/mol. The van der Waals surface area contributed by atoms with Gasteiger partial charge in [-0.15, -0.1) is 6.42 Å². The van der Waals surface area contributed by atoms with Gasteiger partial charge in [-0.25, -0.2) is 0 Å². The lowest BCUT2D eigenvalue weighted by Crippen LogP contribution is -2.12. The fraction of sp³-hybridized carbons (Fsp3) is 0.615. The van der Waals surface area contributed by atoms with Crippen LogP contribution in [0.2, 0.25) is 0 Å². The molecule has 0 saturated carbocycles.